The predicted octanol–water partition coefficient (Wildman–Crippen LogP) is 2.56. The number of hydrogen-bond acceptors (Lipinski definition) is 5. The van der Waals surface area contributed by atoms with Crippen molar-refractivity contribution in [3.63, 3.8) is 0 Å². The van der Waals surface area contributed by atoms with E-state index in [1.54, 1.807) is 4.31 Å². The standard InChI is InChI=1S/C17H26BrN3O3S/c1-3-15-12-24-16(18)11-21(15)17-10-14(4-7-19-17)13-5-8-20(9-6-13)25(2,22)23/h4,7,10,13,15-16H,3,5-6,8-9,11-12H2,1-2H3. The van der Waals surface area contributed by atoms with Gasteiger partial charge in [0.1, 0.15) is 10.8 Å². The summed E-state index contributed by atoms with van der Waals surface area (Å²) in [5, 5.41) is 0.0266. The fourth-order valence-corrected chi connectivity index (χ4v) is 4.99. The largest absolute Gasteiger partial charge is 0.363 e. The van der Waals surface area contributed by atoms with Crippen molar-refractivity contribution in [3.8, 4) is 0 Å². The van der Waals surface area contributed by atoms with Crippen molar-refractivity contribution in [2.24, 2.45) is 0 Å². The number of rotatable bonds is 4. The fourth-order valence-electron chi connectivity index (χ4n) is 3.65. The van der Waals surface area contributed by atoms with Crippen molar-refractivity contribution in [1.82, 2.24) is 9.29 Å². The molecule has 25 heavy (non-hydrogen) atoms. The highest BCUT2D eigenvalue weighted by Gasteiger charge is 2.29. The number of hydrogen-bond donors (Lipinski definition) is 0. The molecule has 8 heteroatoms. The van der Waals surface area contributed by atoms with Crippen LogP contribution >= 0.6 is 15.9 Å². The molecular weight excluding hydrogens is 406 g/mol. The third kappa shape index (κ3) is 4.53. The molecule has 0 spiro atoms. The lowest BCUT2D eigenvalue weighted by atomic mass is 9.91. The highest BCUT2D eigenvalue weighted by molar-refractivity contribution is 9.09. The Hall–Kier alpha value is -0.700. The molecule has 0 aromatic carbocycles. The van der Waals surface area contributed by atoms with Crippen LogP contribution in [0.5, 0.6) is 0 Å². The molecule has 0 saturated carbocycles. The van der Waals surface area contributed by atoms with E-state index in [0.29, 0.717) is 31.7 Å². The van der Waals surface area contributed by atoms with E-state index in [2.05, 4.69) is 44.9 Å². The van der Waals surface area contributed by atoms with Gasteiger partial charge in [0.05, 0.1) is 25.4 Å². The zero-order valence-corrected chi connectivity index (χ0v) is 17.2. The summed E-state index contributed by atoms with van der Waals surface area (Å²) in [6.07, 6.45) is 5.89. The van der Waals surface area contributed by atoms with Crippen molar-refractivity contribution in [2.75, 3.05) is 37.4 Å². The first-order chi connectivity index (χ1) is 11.9. The highest BCUT2D eigenvalue weighted by atomic mass is 79.9. The molecule has 0 amide bonds. The second-order valence-corrected chi connectivity index (χ2v) is 9.85. The molecule has 0 aliphatic carbocycles. The normalized spacial score (nSPS) is 26.8. The average molecular weight is 432 g/mol. The number of nitrogens with zero attached hydrogens (tertiary/aromatic N) is 3. The highest BCUT2D eigenvalue weighted by Crippen LogP contribution is 2.32. The van der Waals surface area contributed by atoms with Gasteiger partial charge in [-0.05, 0) is 42.9 Å². The summed E-state index contributed by atoms with van der Waals surface area (Å²) in [5.41, 5.74) is 1.26. The van der Waals surface area contributed by atoms with Gasteiger partial charge in [-0.2, -0.15) is 0 Å². The number of halogens is 1. The summed E-state index contributed by atoms with van der Waals surface area (Å²) in [4.78, 5) is 6.91. The summed E-state index contributed by atoms with van der Waals surface area (Å²) in [6, 6.07) is 4.58. The molecular formula is C17H26BrN3O3S. The molecule has 3 heterocycles. The van der Waals surface area contributed by atoms with Crippen LogP contribution in [-0.2, 0) is 14.8 Å². The molecule has 2 unspecified atom stereocenters. The molecule has 1 aromatic heterocycles. The van der Waals surface area contributed by atoms with Crippen molar-refractivity contribution in [3.05, 3.63) is 23.9 Å². The second-order valence-electron chi connectivity index (χ2n) is 6.84. The van der Waals surface area contributed by atoms with E-state index in [9.17, 15) is 8.42 Å². The monoisotopic (exact) mass is 431 g/mol. The van der Waals surface area contributed by atoms with E-state index in [4.69, 9.17) is 4.74 Å². The van der Waals surface area contributed by atoms with E-state index in [1.165, 1.54) is 11.8 Å². The Balaban J connectivity index is 1.74. The predicted molar refractivity (Wildman–Crippen MR) is 103 cm³/mol. The lowest BCUT2D eigenvalue weighted by Gasteiger charge is -2.39. The fraction of sp³-hybridized carbons (Fsp3) is 0.706. The maximum absolute atomic E-state index is 11.7. The second kappa shape index (κ2) is 7.90. The van der Waals surface area contributed by atoms with Gasteiger partial charge in [0.15, 0.2) is 0 Å². The number of morpholine rings is 1. The topological polar surface area (TPSA) is 62.7 Å². The van der Waals surface area contributed by atoms with Crippen molar-refractivity contribution < 1.29 is 13.2 Å². The maximum Gasteiger partial charge on any atom is 0.211 e. The van der Waals surface area contributed by atoms with E-state index in [1.807, 2.05) is 6.20 Å². The van der Waals surface area contributed by atoms with Gasteiger partial charge in [-0.3, -0.25) is 0 Å². The quantitative estimate of drug-likeness (QED) is 0.685. The van der Waals surface area contributed by atoms with Gasteiger partial charge in [0, 0.05) is 19.3 Å². The molecule has 6 nitrogen and oxygen atoms in total. The molecule has 2 atom stereocenters. The number of pyridine rings is 1. The van der Waals surface area contributed by atoms with E-state index >= 15 is 0 Å². The van der Waals surface area contributed by atoms with Gasteiger partial charge < -0.3 is 9.64 Å². The zero-order chi connectivity index (χ0) is 18.0. The van der Waals surface area contributed by atoms with E-state index < -0.39 is 10.0 Å². The molecule has 0 N–H and O–H groups in total. The number of piperidine rings is 1. The van der Waals surface area contributed by atoms with Gasteiger partial charge in [-0.15, -0.1) is 0 Å². The van der Waals surface area contributed by atoms with Crippen LogP contribution in [0.4, 0.5) is 5.82 Å². The van der Waals surface area contributed by atoms with Crippen molar-refractivity contribution in [1.29, 1.82) is 0 Å². The first-order valence-electron chi connectivity index (χ1n) is 8.82. The number of aromatic nitrogens is 1. The Kier molecular flexibility index (Phi) is 6.03. The zero-order valence-electron chi connectivity index (χ0n) is 14.8. The van der Waals surface area contributed by atoms with Crippen LogP contribution in [0.25, 0.3) is 0 Å². The van der Waals surface area contributed by atoms with Crippen LogP contribution in [0.2, 0.25) is 0 Å². The van der Waals surface area contributed by atoms with Gasteiger partial charge in [-0.1, -0.05) is 22.9 Å². The molecule has 0 bridgehead atoms. The molecule has 1 aromatic rings. The van der Waals surface area contributed by atoms with Crippen LogP contribution in [-0.4, -0.2) is 61.3 Å². The lowest BCUT2D eigenvalue weighted by molar-refractivity contribution is 0.0746. The maximum atomic E-state index is 11.7. The van der Waals surface area contributed by atoms with E-state index in [-0.39, 0.29) is 5.01 Å². The molecule has 3 rings (SSSR count). The number of anilines is 1. The molecule has 2 fully saturated rings. The Bertz CT molecular complexity index is 692. The smallest absolute Gasteiger partial charge is 0.211 e. The summed E-state index contributed by atoms with van der Waals surface area (Å²) in [7, 11) is -3.08. The minimum Gasteiger partial charge on any atom is -0.363 e. The van der Waals surface area contributed by atoms with Crippen LogP contribution in [0.15, 0.2) is 18.3 Å². The minimum absolute atomic E-state index is 0.0266. The first-order valence-corrected chi connectivity index (χ1v) is 11.6. The average Bonchev–Trinajstić information content (AvgIpc) is 2.61. The van der Waals surface area contributed by atoms with Crippen LogP contribution in [0.3, 0.4) is 0 Å². The summed E-state index contributed by atoms with van der Waals surface area (Å²) in [5.74, 6) is 1.38. The molecule has 140 valence electrons. The Morgan fingerprint density at radius 3 is 2.72 bits per heavy atom. The molecule has 0 radical (unpaired) electrons. The SMILES string of the molecule is CCC1COC(Br)CN1c1cc(C2CCN(S(C)(=O)=O)CC2)ccn1. The Morgan fingerprint density at radius 2 is 2.08 bits per heavy atom. The van der Waals surface area contributed by atoms with Gasteiger partial charge in [0.2, 0.25) is 10.0 Å². The number of sulfonamides is 1. The minimum atomic E-state index is -3.08. The number of ether oxygens (including phenoxy) is 1. The third-order valence-corrected chi connectivity index (χ3v) is 7.04. The first kappa shape index (κ1) is 19.1. The van der Waals surface area contributed by atoms with Crippen molar-refractivity contribution >= 4 is 31.8 Å². The summed E-state index contributed by atoms with van der Waals surface area (Å²) >= 11 is 3.55. The third-order valence-electron chi connectivity index (χ3n) is 5.18. The van der Waals surface area contributed by atoms with Crippen molar-refractivity contribution in [2.45, 2.75) is 43.2 Å². The van der Waals surface area contributed by atoms with Gasteiger partial charge in [-0.25, -0.2) is 17.7 Å². The van der Waals surface area contributed by atoms with Crippen LogP contribution in [0.1, 0.15) is 37.7 Å². The molecule has 2 aliphatic rings. The van der Waals surface area contributed by atoms with Crippen LogP contribution < -0.4 is 4.90 Å². The van der Waals surface area contributed by atoms with Gasteiger partial charge >= 0.3 is 0 Å². The lowest BCUT2D eigenvalue weighted by Crippen LogP contribution is -2.48. The number of alkyl halides is 1. The van der Waals surface area contributed by atoms with E-state index in [0.717, 1.165) is 31.6 Å². The molecule has 2 aliphatic heterocycles. The van der Waals surface area contributed by atoms with Gasteiger partial charge in [0.25, 0.3) is 0 Å². The van der Waals surface area contributed by atoms with Crippen LogP contribution in [0, 0.1) is 0 Å². The summed E-state index contributed by atoms with van der Waals surface area (Å²) < 4.78 is 30.7. The molecule has 2 saturated heterocycles. The Labute approximate surface area is 158 Å². The Morgan fingerprint density at radius 1 is 1.36 bits per heavy atom. The summed E-state index contributed by atoms with van der Waals surface area (Å²) in [6.45, 7) is 4.84.